The van der Waals surface area contributed by atoms with Crippen LogP contribution in [0.5, 0.6) is 0 Å². The molecule has 0 aromatic heterocycles. The number of hydrogen-bond donors (Lipinski definition) is 0. The number of rotatable bonds is 2. The highest BCUT2D eigenvalue weighted by Crippen LogP contribution is 2.48. The van der Waals surface area contributed by atoms with E-state index in [1.807, 2.05) is 12.1 Å². The van der Waals surface area contributed by atoms with Gasteiger partial charge in [-0.3, -0.25) is 0 Å². The molecule has 18 heavy (non-hydrogen) atoms. The molecule has 96 valence electrons. The summed E-state index contributed by atoms with van der Waals surface area (Å²) in [6, 6.07) is 8.22. The van der Waals surface area contributed by atoms with Gasteiger partial charge in [-0.1, -0.05) is 41.8 Å². The fraction of sp³-hybridized carbons (Fsp3) is 0.412. The Morgan fingerprint density at radius 2 is 1.56 bits per heavy atom. The van der Waals surface area contributed by atoms with Crippen molar-refractivity contribution >= 4 is 11.6 Å². The molecule has 1 aliphatic rings. The van der Waals surface area contributed by atoms with Crippen molar-refractivity contribution in [2.75, 3.05) is 0 Å². The largest absolute Gasteiger partial charge is 0.0843 e. The zero-order valence-electron chi connectivity index (χ0n) is 11.9. The summed E-state index contributed by atoms with van der Waals surface area (Å²) in [4.78, 5) is 0. The van der Waals surface area contributed by atoms with Crippen LogP contribution in [0.2, 0.25) is 5.02 Å². The van der Waals surface area contributed by atoms with Crippen molar-refractivity contribution in [2.45, 2.75) is 41.0 Å². The van der Waals surface area contributed by atoms with E-state index >= 15 is 0 Å². The van der Waals surface area contributed by atoms with Gasteiger partial charge >= 0.3 is 0 Å². The summed E-state index contributed by atoms with van der Waals surface area (Å²) >= 11 is 6.08. The lowest BCUT2D eigenvalue weighted by molar-refractivity contribution is 0.483. The van der Waals surface area contributed by atoms with E-state index in [9.17, 15) is 0 Å². The van der Waals surface area contributed by atoms with Crippen molar-refractivity contribution in [2.24, 2.45) is 5.41 Å². The lowest BCUT2D eigenvalue weighted by atomic mass is 9.74. The van der Waals surface area contributed by atoms with Crippen LogP contribution >= 0.6 is 11.6 Å². The average molecular weight is 261 g/mol. The van der Waals surface area contributed by atoms with Gasteiger partial charge in [0.15, 0.2) is 0 Å². The van der Waals surface area contributed by atoms with E-state index < -0.39 is 0 Å². The van der Waals surface area contributed by atoms with Crippen molar-refractivity contribution in [1.82, 2.24) is 0 Å². The standard InChI is InChI=1S/C17H21Cl/c1-11-12(2)14(4)17(5,13(11)3)10-15-7-6-8-16(18)9-15/h6-9H,10H2,1-5H3. The van der Waals surface area contributed by atoms with E-state index in [1.54, 1.807) is 0 Å². The molecule has 1 aromatic carbocycles. The summed E-state index contributed by atoms with van der Waals surface area (Å²) in [7, 11) is 0. The Hall–Kier alpha value is -1.01. The first-order valence-electron chi connectivity index (χ1n) is 6.47. The third-order valence-corrected chi connectivity index (χ3v) is 5.02. The van der Waals surface area contributed by atoms with Crippen LogP contribution in [-0.2, 0) is 6.42 Å². The Morgan fingerprint density at radius 1 is 1.00 bits per heavy atom. The van der Waals surface area contributed by atoms with Gasteiger partial charge in [0.05, 0.1) is 0 Å². The van der Waals surface area contributed by atoms with Crippen molar-refractivity contribution < 1.29 is 0 Å². The first kappa shape index (κ1) is 13.4. The van der Waals surface area contributed by atoms with Crippen LogP contribution in [0.4, 0.5) is 0 Å². The predicted molar refractivity (Wildman–Crippen MR) is 80.0 cm³/mol. The van der Waals surface area contributed by atoms with E-state index in [2.05, 4.69) is 46.8 Å². The zero-order chi connectivity index (χ0) is 13.5. The van der Waals surface area contributed by atoms with Gasteiger partial charge in [0.2, 0.25) is 0 Å². The third-order valence-electron chi connectivity index (χ3n) is 4.79. The summed E-state index contributed by atoms with van der Waals surface area (Å²) in [5, 5.41) is 0.825. The average Bonchev–Trinajstić information content (AvgIpc) is 2.46. The summed E-state index contributed by atoms with van der Waals surface area (Å²) < 4.78 is 0. The second kappa shape index (κ2) is 4.59. The third kappa shape index (κ3) is 2.03. The lowest BCUT2D eigenvalue weighted by Gasteiger charge is -2.29. The monoisotopic (exact) mass is 260 g/mol. The van der Waals surface area contributed by atoms with Crippen LogP contribution in [0.1, 0.15) is 40.2 Å². The number of hydrogen-bond acceptors (Lipinski definition) is 0. The molecule has 0 N–H and O–H groups in total. The number of allylic oxidation sites excluding steroid dienone is 4. The van der Waals surface area contributed by atoms with Gasteiger partial charge in [0.1, 0.15) is 0 Å². The molecule has 0 saturated heterocycles. The molecule has 0 unspecified atom stereocenters. The number of halogens is 1. The molecule has 0 radical (unpaired) electrons. The van der Waals surface area contributed by atoms with E-state index in [0.717, 1.165) is 11.4 Å². The highest BCUT2D eigenvalue weighted by molar-refractivity contribution is 6.30. The summed E-state index contributed by atoms with van der Waals surface area (Å²) in [6.07, 6.45) is 1.03. The summed E-state index contributed by atoms with van der Waals surface area (Å²) in [5.74, 6) is 0. The maximum Gasteiger partial charge on any atom is 0.0408 e. The molecule has 1 aliphatic carbocycles. The molecule has 0 saturated carbocycles. The highest BCUT2D eigenvalue weighted by atomic mass is 35.5. The van der Waals surface area contributed by atoms with Crippen LogP contribution in [0.25, 0.3) is 0 Å². The molecule has 0 bridgehead atoms. The van der Waals surface area contributed by atoms with Crippen LogP contribution < -0.4 is 0 Å². The second-order valence-corrected chi connectivity index (χ2v) is 6.08. The summed E-state index contributed by atoms with van der Waals surface area (Å²) in [6.45, 7) is 11.3. The fourth-order valence-corrected chi connectivity index (χ4v) is 3.20. The minimum Gasteiger partial charge on any atom is -0.0843 e. The molecule has 1 aromatic rings. The van der Waals surface area contributed by atoms with E-state index in [1.165, 1.54) is 27.9 Å². The highest BCUT2D eigenvalue weighted by Gasteiger charge is 2.36. The normalized spacial score (nSPS) is 18.8. The maximum atomic E-state index is 6.08. The molecule has 0 heterocycles. The van der Waals surface area contributed by atoms with Gasteiger partial charge < -0.3 is 0 Å². The Labute approximate surface area is 115 Å². The van der Waals surface area contributed by atoms with Crippen molar-refractivity contribution in [3.05, 3.63) is 57.1 Å². The minimum absolute atomic E-state index is 0.152. The quantitative estimate of drug-likeness (QED) is 0.652. The van der Waals surface area contributed by atoms with Crippen molar-refractivity contribution in [3.63, 3.8) is 0 Å². The Balaban J connectivity index is 2.40. The molecule has 2 rings (SSSR count). The molecule has 0 fully saturated rings. The predicted octanol–water partition coefficient (Wildman–Crippen LogP) is 5.58. The topological polar surface area (TPSA) is 0 Å². The molecule has 0 spiro atoms. The van der Waals surface area contributed by atoms with Crippen LogP contribution in [0.3, 0.4) is 0 Å². The molecular weight excluding hydrogens is 240 g/mol. The van der Waals surface area contributed by atoms with Gasteiger partial charge in [-0.05, 0) is 63.0 Å². The molecule has 0 aliphatic heterocycles. The molecule has 0 atom stereocenters. The van der Waals surface area contributed by atoms with E-state index in [-0.39, 0.29) is 5.41 Å². The first-order chi connectivity index (χ1) is 8.36. The van der Waals surface area contributed by atoms with Gasteiger partial charge in [-0.15, -0.1) is 0 Å². The van der Waals surface area contributed by atoms with Gasteiger partial charge in [-0.25, -0.2) is 0 Å². The zero-order valence-corrected chi connectivity index (χ0v) is 12.7. The SMILES string of the molecule is CC1=C(C)C(C)(Cc2cccc(Cl)c2)C(C)=C1C. The molecule has 0 amide bonds. The van der Waals surface area contributed by atoms with Crippen LogP contribution in [0.15, 0.2) is 46.6 Å². The molecule has 1 heteroatoms. The van der Waals surface area contributed by atoms with E-state index in [4.69, 9.17) is 11.6 Å². The van der Waals surface area contributed by atoms with Crippen LogP contribution in [-0.4, -0.2) is 0 Å². The van der Waals surface area contributed by atoms with Crippen molar-refractivity contribution in [3.8, 4) is 0 Å². The van der Waals surface area contributed by atoms with Crippen LogP contribution in [0, 0.1) is 5.41 Å². The number of benzene rings is 1. The van der Waals surface area contributed by atoms with E-state index in [0.29, 0.717) is 0 Å². The van der Waals surface area contributed by atoms with Gasteiger partial charge in [0.25, 0.3) is 0 Å². The van der Waals surface area contributed by atoms with Gasteiger partial charge in [0, 0.05) is 10.4 Å². The Kier molecular flexibility index (Phi) is 3.42. The van der Waals surface area contributed by atoms with Crippen molar-refractivity contribution in [1.29, 1.82) is 0 Å². The Bertz CT molecular complexity index is 522. The first-order valence-corrected chi connectivity index (χ1v) is 6.85. The fourth-order valence-electron chi connectivity index (χ4n) is 2.99. The molecule has 0 nitrogen and oxygen atoms in total. The smallest absolute Gasteiger partial charge is 0.0408 e. The second-order valence-electron chi connectivity index (χ2n) is 5.64. The Morgan fingerprint density at radius 3 is 2.06 bits per heavy atom. The summed E-state index contributed by atoms with van der Waals surface area (Å²) in [5.41, 5.74) is 7.37. The molecular formula is C17H21Cl. The van der Waals surface area contributed by atoms with Gasteiger partial charge in [-0.2, -0.15) is 0 Å². The lowest BCUT2D eigenvalue weighted by Crippen LogP contribution is -2.20. The minimum atomic E-state index is 0.152. The maximum absolute atomic E-state index is 6.08.